The fourth-order valence-corrected chi connectivity index (χ4v) is 2.72. The van der Waals surface area contributed by atoms with Crippen molar-refractivity contribution in [3.8, 4) is 17.4 Å². The molecule has 1 amide bonds. The molecule has 2 aromatic carbocycles. The van der Waals surface area contributed by atoms with E-state index in [2.05, 4.69) is 4.98 Å². The highest BCUT2D eigenvalue weighted by molar-refractivity contribution is 6.05. The molecule has 4 rings (SSSR count). The summed E-state index contributed by atoms with van der Waals surface area (Å²) >= 11 is 0. The fraction of sp³-hybridized carbons (Fsp3) is 0.100. The zero-order valence-electron chi connectivity index (χ0n) is 13.6. The SMILES string of the molecule is CC1Oc2ncccc2N(c2ccc(Oc3ccccc3)cc2)C1=O. The van der Waals surface area contributed by atoms with Gasteiger partial charge in [0.2, 0.25) is 5.88 Å². The summed E-state index contributed by atoms with van der Waals surface area (Å²) in [6, 6.07) is 20.5. The van der Waals surface area contributed by atoms with Crippen LogP contribution in [-0.2, 0) is 4.79 Å². The third-order valence-electron chi connectivity index (χ3n) is 3.92. The van der Waals surface area contributed by atoms with Gasteiger partial charge in [0.15, 0.2) is 6.10 Å². The van der Waals surface area contributed by atoms with Crippen LogP contribution in [0.2, 0.25) is 0 Å². The smallest absolute Gasteiger partial charge is 0.272 e. The van der Waals surface area contributed by atoms with Gasteiger partial charge < -0.3 is 9.47 Å². The first kappa shape index (κ1) is 15.2. The molecule has 1 aromatic heterocycles. The van der Waals surface area contributed by atoms with Crippen molar-refractivity contribution >= 4 is 17.3 Å². The number of benzene rings is 2. The number of carbonyl (C=O) groups excluding carboxylic acids is 1. The van der Waals surface area contributed by atoms with Crippen molar-refractivity contribution in [1.82, 2.24) is 4.98 Å². The van der Waals surface area contributed by atoms with E-state index >= 15 is 0 Å². The second-order valence-corrected chi connectivity index (χ2v) is 5.67. The van der Waals surface area contributed by atoms with Gasteiger partial charge in [-0.3, -0.25) is 9.69 Å². The van der Waals surface area contributed by atoms with E-state index in [0.717, 1.165) is 11.4 Å². The average Bonchev–Trinajstić information content (AvgIpc) is 2.65. The Kier molecular flexibility index (Phi) is 3.82. The normalized spacial score (nSPS) is 16.1. The van der Waals surface area contributed by atoms with Crippen LogP contribution in [0.3, 0.4) is 0 Å². The number of hydrogen-bond acceptors (Lipinski definition) is 4. The van der Waals surface area contributed by atoms with E-state index in [-0.39, 0.29) is 5.91 Å². The Morgan fingerprint density at radius 1 is 0.960 bits per heavy atom. The summed E-state index contributed by atoms with van der Waals surface area (Å²) in [6.07, 6.45) is 1.07. The Balaban J connectivity index is 1.64. The van der Waals surface area contributed by atoms with Crippen LogP contribution in [0.25, 0.3) is 0 Å². The second-order valence-electron chi connectivity index (χ2n) is 5.67. The van der Waals surface area contributed by atoms with E-state index in [1.54, 1.807) is 24.1 Å². The highest BCUT2D eigenvalue weighted by atomic mass is 16.5. The lowest BCUT2D eigenvalue weighted by atomic mass is 10.2. The van der Waals surface area contributed by atoms with Crippen molar-refractivity contribution in [2.45, 2.75) is 13.0 Å². The molecule has 1 aliphatic rings. The number of nitrogens with zero attached hydrogens (tertiary/aromatic N) is 2. The standard InChI is InChI=1S/C20H16N2O3/c1-14-20(23)22(18-8-5-13-21-19(18)24-14)15-9-11-17(12-10-15)25-16-6-3-2-4-7-16/h2-14H,1H3. The van der Waals surface area contributed by atoms with Gasteiger partial charge in [-0.2, -0.15) is 0 Å². The molecule has 5 heteroatoms. The van der Waals surface area contributed by atoms with Gasteiger partial charge in [-0.1, -0.05) is 18.2 Å². The maximum atomic E-state index is 12.6. The van der Waals surface area contributed by atoms with Gasteiger partial charge in [0, 0.05) is 11.9 Å². The zero-order chi connectivity index (χ0) is 17.2. The summed E-state index contributed by atoms with van der Waals surface area (Å²) in [7, 11) is 0. The van der Waals surface area contributed by atoms with E-state index < -0.39 is 6.10 Å². The lowest BCUT2D eigenvalue weighted by Gasteiger charge is -2.32. The van der Waals surface area contributed by atoms with Crippen molar-refractivity contribution in [2.24, 2.45) is 0 Å². The quantitative estimate of drug-likeness (QED) is 0.717. The van der Waals surface area contributed by atoms with Crippen molar-refractivity contribution in [2.75, 3.05) is 4.90 Å². The van der Waals surface area contributed by atoms with Crippen LogP contribution in [0, 0.1) is 0 Å². The number of aromatic nitrogens is 1. The highest BCUT2D eigenvalue weighted by Gasteiger charge is 2.33. The van der Waals surface area contributed by atoms with Crippen molar-refractivity contribution < 1.29 is 14.3 Å². The minimum absolute atomic E-state index is 0.128. The molecule has 2 heterocycles. The minimum atomic E-state index is -0.581. The first-order valence-corrected chi connectivity index (χ1v) is 8.01. The lowest BCUT2D eigenvalue weighted by molar-refractivity contribution is -0.124. The molecule has 1 aliphatic heterocycles. The molecule has 0 aliphatic carbocycles. The molecule has 124 valence electrons. The second kappa shape index (κ2) is 6.28. The molecule has 0 radical (unpaired) electrons. The van der Waals surface area contributed by atoms with Gasteiger partial charge in [0.25, 0.3) is 5.91 Å². The van der Waals surface area contributed by atoms with Gasteiger partial charge in [0.05, 0.1) is 0 Å². The van der Waals surface area contributed by atoms with Crippen LogP contribution < -0.4 is 14.4 Å². The average molecular weight is 332 g/mol. The number of hydrogen-bond donors (Lipinski definition) is 0. The molecular weight excluding hydrogens is 316 g/mol. The number of carbonyl (C=O) groups is 1. The van der Waals surface area contributed by atoms with E-state index in [0.29, 0.717) is 17.3 Å². The molecule has 0 fully saturated rings. The van der Waals surface area contributed by atoms with E-state index in [1.165, 1.54) is 0 Å². The Labute approximate surface area is 145 Å². The molecule has 25 heavy (non-hydrogen) atoms. The van der Waals surface area contributed by atoms with Crippen LogP contribution in [0.5, 0.6) is 17.4 Å². The summed E-state index contributed by atoms with van der Waals surface area (Å²) in [5.41, 5.74) is 1.39. The maximum absolute atomic E-state index is 12.6. The topological polar surface area (TPSA) is 51.7 Å². The predicted molar refractivity (Wildman–Crippen MR) is 94.4 cm³/mol. The molecule has 0 saturated carbocycles. The molecule has 0 N–H and O–H groups in total. The third-order valence-corrected chi connectivity index (χ3v) is 3.92. The van der Waals surface area contributed by atoms with Crippen LogP contribution >= 0.6 is 0 Å². The number of rotatable bonds is 3. The Morgan fingerprint density at radius 3 is 2.44 bits per heavy atom. The monoisotopic (exact) mass is 332 g/mol. The predicted octanol–water partition coefficient (Wildman–Crippen LogP) is 4.32. The summed E-state index contributed by atoms with van der Waals surface area (Å²) in [4.78, 5) is 18.4. The first-order chi connectivity index (χ1) is 12.2. The number of fused-ring (bicyclic) bond motifs is 1. The van der Waals surface area contributed by atoms with E-state index in [4.69, 9.17) is 9.47 Å². The first-order valence-electron chi connectivity index (χ1n) is 8.01. The van der Waals surface area contributed by atoms with Crippen molar-refractivity contribution in [3.63, 3.8) is 0 Å². The van der Waals surface area contributed by atoms with Crippen LogP contribution in [0.1, 0.15) is 6.92 Å². The molecule has 1 atom stereocenters. The number of ether oxygens (including phenoxy) is 2. The molecule has 0 saturated heterocycles. The van der Waals surface area contributed by atoms with Crippen LogP contribution in [0.4, 0.5) is 11.4 Å². The highest BCUT2D eigenvalue weighted by Crippen LogP contribution is 2.37. The lowest BCUT2D eigenvalue weighted by Crippen LogP contribution is -2.41. The minimum Gasteiger partial charge on any atom is -0.463 e. The van der Waals surface area contributed by atoms with Crippen molar-refractivity contribution in [1.29, 1.82) is 0 Å². The Bertz CT molecular complexity index is 894. The Hall–Kier alpha value is -3.34. The third kappa shape index (κ3) is 2.92. The summed E-state index contributed by atoms with van der Waals surface area (Å²) in [6.45, 7) is 1.72. The maximum Gasteiger partial charge on any atom is 0.272 e. The molecule has 1 unspecified atom stereocenters. The molecular formula is C20H16N2O3. The van der Waals surface area contributed by atoms with Gasteiger partial charge in [-0.25, -0.2) is 4.98 Å². The van der Waals surface area contributed by atoms with Gasteiger partial charge >= 0.3 is 0 Å². The Morgan fingerprint density at radius 2 is 1.68 bits per heavy atom. The van der Waals surface area contributed by atoms with Crippen LogP contribution in [0.15, 0.2) is 72.9 Å². The fourth-order valence-electron chi connectivity index (χ4n) is 2.72. The summed E-state index contributed by atoms with van der Waals surface area (Å²) < 4.78 is 11.4. The molecule has 3 aromatic rings. The number of pyridine rings is 1. The van der Waals surface area contributed by atoms with Gasteiger partial charge in [-0.15, -0.1) is 0 Å². The van der Waals surface area contributed by atoms with Gasteiger partial charge in [-0.05, 0) is 55.5 Å². The van der Waals surface area contributed by atoms with E-state index in [1.807, 2.05) is 60.7 Å². The largest absolute Gasteiger partial charge is 0.463 e. The van der Waals surface area contributed by atoms with Crippen LogP contribution in [-0.4, -0.2) is 17.0 Å². The zero-order valence-corrected chi connectivity index (χ0v) is 13.6. The number of anilines is 2. The molecule has 0 spiro atoms. The van der Waals surface area contributed by atoms with E-state index in [9.17, 15) is 4.79 Å². The van der Waals surface area contributed by atoms with Gasteiger partial charge in [0.1, 0.15) is 17.2 Å². The number of amides is 1. The van der Waals surface area contributed by atoms with Crippen molar-refractivity contribution in [3.05, 3.63) is 72.9 Å². The summed E-state index contributed by atoms with van der Waals surface area (Å²) in [5, 5.41) is 0. The molecule has 0 bridgehead atoms. The molecule has 5 nitrogen and oxygen atoms in total. The summed E-state index contributed by atoms with van der Waals surface area (Å²) in [5.74, 6) is 1.80. The number of para-hydroxylation sites is 1.